The van der Waals surface area contributed by atoms with Crippen molar-refractivity contribution >= 4 is 79.1 Å². The van der Waals surface area contributed by atoms with Crippen LogP contribution in [-0.4, -0.2) is 149 Å². The molecule has 1 fully saturated rings. The van der Waals surface area contributed by atoms with Crippen LogP contribution in [0.25, 0.3) is 0 Å². The van der Waals surface area contributed by atoms with Crippen LogP contribution in [0.3, 0.4) is 0 Å². The molecule has 1 aromatic rings. The zero-order valence-corrected chi connectivity index (χ0v) is 43.7. The average Bonchev–Trinajstić information content (AvgIpc) is 3.84. The van der Waals surface area contributed by atoms with Gasteiger partial charge in [-0.1, -0.05) is 46.2 Å². The summed E-state index contributed by atoms with van der Waals surface area (Å²) in [4.78, 5) is 169. The van der Waals surface area contributed by atoms with Crippen molar-refractivity contribution in [3.8, 4) is 5.75 Å². The minimum Gasteiger partial charge on any atom is -0.558 e. The summed E-state index contributed by atoms with van der Waals surface area (Å²) in [6.07, 6.45) is 0.172. The monoisotopic (exact) mass is 1090 g/mol. The molecule has 422 valence electrons. The van der Waals surface area contributed by atoms with Gasteiger partial charge in [0.05, 0.1) is 19.4 Å². The molecule has 76 heavy (non-hydrogen) atoms. The molecule has 0 aromatic heterocycles. The van der Waals surface area contributed by atoms with E-state index in [1.54, 1.807) is 0 Å². The first-order valence-corrected chi connectivity index (χ1v) is 25.6. The highest BCUT2D eigenvalue weighted by atomic mass is 31.1. The molecule has 1 aromatic carbocycles. The zero-order chi connectivity index (χ0) is 57.4. The van der Waals surface area contributed by atoms with Crippen molar-refractivity contribution in [1.82, 2.24) is 42.1 Å². The maximum absolute atomic E-state index is 14.2. The minimum absolute atomic E-state index is 0.0836. The van der Waals surface area contributed by atoms with Gasteiger partial charge in [-0.2, -0.15) is 0 Å². The molecule has 0 bridgehead atoms. The van der Waals surface area contributed by atoms with Gasteiger partial charge in [-0.3, -0.25) is 62.1 Å². The van der Waals surface area contributed by atoms with E-state index in [2.05, 4.69) is 41.7 Å². The minimum atomic E-state index is -3.28. The Morgan fingerprint density at radius 2 is 1.14 bits per heavy atom. The van der Waals surface area contributed by atoms with Gasteiger partial charge in [0.1, 0.15) is 48.3 Å². The Morgan fingerprint density at radius 3 is 1.64 bits per heavy atom. The standard InChI is InChI=1S/C46H72N13O16P/c1-23(2)37(45(71)52-27(15-16-33(48)61)40(66)53-28(39(51)65)20-34(49)62)58-42(68)30(21-35(50)63)55-46(72)38(24(3)4)57-41(67)29(19-25-11-13-26(14-12-25)75-76(73)74)54-43(69)31(22-60)56-44(70)32-9-8-18-59(32)36(64)10-6-5-7-17-47/h11-14,23-24,27-32,37-38,60H,5-10,15-22,47H2,1-4H3,(H2,48,61)(H2,49,62)(H2,50,63)(H2,51,65)(H,52,71)(H,53,66)(H,54,69)(H,55,72)(H,56,70)(H,57,67)(H,58,68)/t27-,28-,29-,30-,31-,32-,37-,38-/m0/s1. The number of nitrogens with one attached hydrogen (secondary N) is 7. The van der Waals surface area contributed by atoms with Crippen molar-refractivity contribution in [2.45, 2.75) is 147 Å². The maximum Gasteiger partial charge on any atom is 0.539 e. The summed E-state index contributed by atoms with van der Waals surface area (Å²) < 4.78 is 15.8. The van der Waals surface area contributed by atoms with E-state index in [1.807, 2.05) is 0 Å². The maximum atomic E-state index is 14.2. The highest BCUT2D eigenvalue weighted by Gasteiger charge is 2.38. The Labute approximate surface area is 439 Å². The van der Waals surface area contributed by atoms with Gasteiger partial charge in [0, 0.05) is 25.8 Å². The molecule has 18 N–H and O–H groups in total. The van der Waals surface area contributed by atoms with Crippen molar-refractivity contribution in [1.29, 1.82) is 0 Å². The Morgan fingerprint density at radius 1 is 0.645 bits per heavy atom. The molecule has 0 spiro atoms. The summed E-state index contributed by atoms with van der Waals surface area (Å²) in [5, 5.41) is 27.0. The lowest BCUT2D eigenvalue weighted by atomic mass is 9.99. The Bertz CT molecular complexity index is 2270. The van der Waals surface area contributed by atoms with Crippen LogP contribution in [0, 0.1) is 11.8 Å². The summed E-state index contributed by atoms with van der Waals surface area (Å²) in [5.41, 5.74) is 27.0. The number of aliphatic hydroxyl groups excluding tert-OH is 1. The number of nitrogens with zero attached hydrogens (tertiary/aromatic N) is 1. The van der Waals surface area contributed by atoms with Crippen LogP contribution in [0.2, 0.25) is 0 Å². The van der Waals surface area contributed by atoms with Crippen LogP contribution in [0.4, 0.5) is 0 Å². The molecule has 1 aliphatic heterocycles. The lowest BCUT2D eigenvalue weighted by molar-refractivity contribution is -0.178. The first kappa shape index (κ1) is 64.8. The third-order valence-electron chi connectivity index (χ3n) is 11.9. The summed E-state index contributed by atoms with van der Waals surface area (Å²) >= 11 is 0. The molecule has 1 unspecified atom stereocenters. The first-order valence-electron chi connectivity index (χ1n) is 24.5. The number of rotatable bonds is 34. The smallest absolute Gasteiger partial charge is 0.539 e. The van der Waals surface area contributed by atoms with Gasteiger partial charge >= 0.3 is 8.25 Å². The molecule has 1 heterocycles. The molecule has 0 aliphatic carbocycles. The fourth-order valence-corrected chi connectivity index (χ4v) is 8.09. The van der Waals surface area contributed by atoms with Crippen LogP contribution < -0.4 is 75.3 Å². The SMILES string of the molecule is CC(C)[C@H](NC(=O)[C@H](CC(N)=O)NC(=O)[C@@H](NC(=O)[C@H](Cc1ccc(O[P+](=O)[O-])cc1)NC(=O)[C@H](CO)NC(=O)[C@@H]1CCCN1C(=O)CCCCCN)C(C)C)C(=O)N[C@@H](CCC(N)=O)C(=O)N[C@@H](CC(N)=O)C(N)=O. The highest BCUT2D eigenvalue weighted by molar-refractivity contribution is 7.31. The number of hydrogen-bond donors (Lipinski definition) is 13. The first-order chi connectivity index (χ1) is 35.7. The van der Waals surface area contributed by atoms with E-state index in [9.17, 15) is 72.1 Å². The molecule has 9 atom stereocenters. The van der Waals surface area contributed by atoms with Gasteiger partial charge in [0.15, 0.2) is 5.75 Å². The topological polar surface area (TPSA) is 492 Å². The molecule has 29 nitrogen and oxygen atoms in total. The third kappa shape index (κ3) is 22.2. The van der Waals surface area contributed by atoms with Crippen molar-refractivity contribution in [3.63, 3.8) is 0 Å². The lowest BCUT2D eigenvalue weighted by Crippen LogP contribution is -2.62. The van der Waals surface area contributed by atoms with Gasteiger partial charge in [-0.05, 0) is 72.7 Å². The van der Waals surface area contributed by atoms with Crippen LogP contribution in [0.5, 0.6) is 5.75 Å². The number of nitrogens with two attached hydrogens (primary N) is 5. The second kappa shape index (κ2) is 32.2. The van der Waals surface area contributed by atoms with Crippen molar-refractivity contribution in [2.75, 3.05) is 19.7 Å². The molecule has 12 amide bonds. The van der Waals surface area contributed by atoms with Gasteiger partial charge in [-0.25, -0.2) is 0 Å². The second-order valence-electron chi connectivity index (χ2n) is 18.7. The van der Waals surface area contributed by atoms with Crippen molar-refractivity contribution in [2.24, 2.45) is 40.5 Å². The summed E-state index contributed by atoms with van der Waals surface area (Å²) in [7, 11) is -3.28. The molecular weight excluding hydrogens is 1020 g/mol. The average molecular weight is 1090 g/mol. The second-order valence-corrected chi connectivity index (χ2v) is 19.3. The lowest BCUT2D eigenvalue weighted by Gasteiger charge is -2.29. The van der Waals surface area contributed by atoms with E-state index < -0.39 is 166 Å². The number of amides is 12. The fraction of sp³-hybridized carbons (Fsp3) is 0.609. The molecule has 2 rings (SSSR count). The largest absolute Gasteiger partial charge is 0.558 e. The molecule has 1 saturated heterocycles. The highest BCUT2D eigenvalue weighted by Crippen LogP contribution is 2.22. The molecule has 30 heteroatoms. The number of primary amides is 4. The number of likely N-dealkylation sites (tertiary alicyclic amines) is 1. The van der Waals surface area contributed by atoms with Crippen LogP contribution in [-0.2, 0) is 68.5 Å². The predicted molar refractivity (Wildman–Crippen MR) is 266 cm³/mol. The predicted octanol–water partition coefficient (Wildman–Crippen LogP) is -5.66. The number of carbonyl (C=O) groups excluding carboxylic acids is 12. The summed E-state index contributed by atoms with van der Waals surface area (Å²) in [6.45, 7) is 5.76. The van der Waals surface area contributed by atoms with Crippen molar-refractivity contribution < 1.29 is 76.6 Å². The number of carbonyl (C=O) groups is 12. The summed E-state index contributed by atoms with van der Waals surface area (Å²) in [6, 6.07) is -7.00. The van der Waals surface area contributed by atoms with Crippen LogP contribution in [0.15, 0.2) is 24.3 Å². The van der Waals surface area contributed by atoms with Crippen LogP contribution >= 0.6 is 8.25 Å². The van der Waals surface area contributed by atoms with E-state index in [4.69, 9.17) is 28.7 Å². The number of aliphatic hydroxyl groups is 1. The van der Waals surface area contributed by atoms with E-state index in [0.29, 0.717) is 37.9 Å². The Kier molecular flexibility index (Phi) is 27.4. The number of hydrogen-bond acceptors (Lipinski definition) is 17. The van der Waals surface area contributed by atoms with Gasteiger partial charge in [0.25, 0.3) is 0 Å². The molecular formula is C46H72N13O16P. The van der Waals surface area contributed by atoms with Gasteiger partial charge in [-0.15, -0.1) is 0 Å². The fourth-order valence-electron chi connectivity index (χ4n) is 7.79. The van der Waals surface area contributed by atoms with E-state index in [0.717, 1.165) is 6.42 Å². The van der Waals surface area contributed by atoms with Gasteiger partial charge in [0.2, 0.25) is 70.9 Å². The Hall–Kier alpha value is -7.36. The third-order valence-corrected chi connectivity index (χ3v) is 12.2. The molecule has 0 radical (unpaired) electrons. The number of unbranched alkanes of at least 4 members (excludes halogenated alkanes) is 2. The van der Waals surface area contributed by atoms with Gasteiger partial charge < -0.3 is 80.8 Å². The quantitative estimate of drug-likeness (QED) is 0.0226. The summed E-state index contributed by atoms with van der Waals surface area (Å²) in [5.74, 6) is -13.2. The zero-order valence-electron chi connectivity index (χ0n) is 42.8. The van der Waals surface area contributed by atoms with Crippen molar-refractivity contribution in [3.05, 3.63) is 29.8 Å². The van der Waals surface area contributed by atoms with E-state index in [-0.39, 0.29) is 30.9 Å². The van der Waals surface area contributed by atoms with E-state index in [1.165, 1.54) is 56.9 Å². The normalized spacial score (nSPS) is 16.0. The van der Waals surface area contributed by atoms with E-state index >= 15 is 0 Å². The number of benzene rings is 1. The van der Waals surface area contributed by atoms with Crippen LogP contribution in [0.1, 0.15) is 97.5 Å². The molecule has 0 saturated carbocycles. The molecule has 1 aliphatic rings. The Balaban J connectivity index is 2.40.